The number of aliphatic carboxylic acids is 1. The van der Waals surface area contributed by atoms with Crippen molar-refractivity contribution in [2.24, 2.45) is 0 Å². The number of carbonyl (C=O) groups is 2. The Labute approximate surface area is 133 Å². The first-order chi connectivity index (χ1) is 10.8. The largest absolute Gasteiger partial charge is 0.480 e. The Bertz CT molecular complexity index is 737. The van der Waals surface area contributed by atoms with Crippen LogP contribution in [0.15, 0.2) is 30.5 Å². The van der Waals surface area contributed by atoms with Crippen LogP contribution in [-0.2, 0) is 9.53 Å². The van der Waals surface area contributed by atoms with Crippen LogP contribution in [0.5, 0.6) is 5.75 Å². The molecular formula is C16H18N2O5. The molecular weight excluding hydrogens is 300 g/mol. The first-order valence-corrected chi connectivity index (χ1v) is 6.98. The molecule has 1 aromatic carbocycles. The van der Waals surface area contributed by atoms with Crippen LogP contribution in [0.2, 0.25) is 0 Å². The molecule has 23 heavy (non-hydrogen) atoms. The molecule has 122 valence electrons. The summed E-state index contributed by atoms with van der Waals surface area (Å²) in [5.74, 6) is -0.747. The van der Waals surface area contributed by atoms with Crippen molar-refractivity contribution >= 4 is 28.7 Å². The topological polar surface area (TPSA) is 97.8 Å². The molecule has 0 unspecified atom stereocenters. The number of amides is 1. The zero-order chi connectivity index (χ0) is 17.0. The molecule has 0 bridgehead atoms. The number of ether oxygens (including phenoxy) is 2. The lowest BCUT2D eigenvalue weighted by molar-refractivity contribution is -0.139. The van der Waals surface area contributed by atoms with Crippen LogP contribution in [0, 0.1) is 0 Å². The number of carboxylic acid groups (broad SMARTS) is 1. The fourth-order valence-corrected chi connectivity index (χ4v) is 1.93. The van der Waals surface area contributed by atoms with Crippen LogP contribution >= 0.6 is 0 Å². The molecule has 0 aliphatic heterocycles. The molecule has 0 aliphatic carbocycles. The second kappa shape index (κ2) is 6.51. The summed E-state index contributed by atoms with van der Waals surface area (Å²) in [5, 5.41) is 12.0. The molecule has 0 saturated heterocycles. The molecule has 7 heteroatoms. The van der Waals surface area contributed by atoms with Gasteiger partial charge in [0.15, 0.2) is 6.61 Å². The molecule has 0 radical (unpaired) electrons. The van der Waals surface area contributed by atoms with E-state index in [1.807, 2.05) is 0 Å². The molecule has 2 rings (SSSR count). The summed E-state index contributed by atoms with van der Waals surface area (Å²) in [7, 11) is 0. The van der Waals surface area contributed by atoms with Gasteiger partial charge < -0.3 is 14.6 Å². The van der Waals surface area contributed by atoms with Gasteiger partial charge in [0.2, 0.25) is 0 Å². The second-order valence-corrected chi connectivity index (χ2v) is 5.82. The molecule has 1 heterocycles. The summed E-state index contributed by atoms with van der Waals surface area (Å²) in [6.45, 7) is 4.85. The van der Waals surface area contributed by atoms with Gasteiger partial charge in [0.1, 0.15) is 16.9 Å². The molecule has 0 spiro atoms. The number of nitrogens with zero attached hydrogens (tertiary/aromatic N) is 1. The number of pyridine rings is 1. The van der Waals surface area contributed by atoms with E-state index in [1.54, 1.807) is 51.2 Å². The van der Waals surface area contributed by atoms with Gasteiger partial charge in [-0.3, -0.25) is 10.3 Å². The van der Waals surface area contributed by atoms with Crippen molar-refractivity contribution in [1.29, 1.82) is 0 Å². The van der Waals surface area contributed by atoms with Crippen molar-refractivity contribution in [3.8, 4) is 5.75 Å². The first kappa shape index (κ1) is 16.5. The van der Waals surface area contributed by atoms with E-state index in [4.69, 9.17) is 14.6 Å². The highest BCUT2D eigenvalue weighted by molar-refractivity contribution is 6.01. The average molecular weight is 318 g/mol. The van der Waals surface area contributed by atoms with E-state index in [1.165, 1.54) is 0 Å². The van der Waals surface area contributed by atoms with Crippen molar-refractivity contribution in [3.63, 3.8) is 0 Å². The van der Waals surface area contributed by atoms with Gasteiger partial charge in [-0.05, 0) is 45.0 Å². The van der Waals surface area contributed by atoms with E-state index in [-0.39, 0.29) is 0 Å². The number of aromatic nitrogens is 1. The predicted octanol–water partition coefficient (Wildman–Crippen LogP) is 3.05. The number of hydrogen-bond acceptors (Lipinski definition) is 5. The van der Waals surface area contributed by atoms with Crippen molar-refractivity contribution in [3.05, 3.63) is 30.5 Å². The third-order valence-electron chi connectivity index (χ3n) is 2.72. The summed E-state index contributed by atoms with van der Waals surface area (Å²) < 4.78 is 10.4. The lowest BCUT2D eigenvalue weighted by Gasteiger charge is -2.20. The van der Waals surface area contributed by atoms with Gasteiger partial charge in [-0.2, -0.15) is 0 Å². The van der Waals surface area contributed by atoms with Crippen molar-refractivity contribution in [2.45, 2.75) is 26.4 Å². The molecule has 7 nitrogen and oxygen atoms in total. The molecule has 1 aromatic heterocycles. The highest BCUT2D eigenvalue weighted by Gasteiger charge is 2.18. The Hall–Kier alpha value is -2.83. The minimum Gasteiger partial charge on any atom is -0.480 e. The minimum atomic E-state index is -1.08. The number of carboxylic acids is 1. The van der Waals surface area contributed by atoms with Gasteiger partial charge in [0.25, 0.3) is 0 Å². The fourth-order valence-electron chi connectivity index (χ4n) is 1.93. The number of benzene rings is 1. The van der Waals surface area contributed by atoms with E-state index in [0.29, 0.717) is 22.3 Å². The summed E-state index contributed by atoms with van der Waals surface area (Å²) in [6, 6.07) is 6.64. The van der Waals surface area contributed by atoms with Gasteiger partial charge in [0.05, 0.1) is 5.69 Å². The summed E-state index contributed by atoms with van der Waals surface area (Å²) in [6.07, 6.45) is 0.981. The maximum absolute atomic E-state index is 11.9. The molecule has 0 saturated carbocycles. The predicted molar refractivity (Wildman–Crippen MR) is 84.7 cm³/mol. The van der Waals surface area contributed by atoms with E-state index in [0.717, 1.165) is 0 Å². The van der Waals surface area contributed by atoms with Crippen LogP contribution < -0.4 is 10.1 Å². The summed E-state index contributed by atoms with van der Waals surface area (Å²) in [5.41, 5.74) is 0.357. The van der Waals surface area contributed by atoms with E-state index >= 15 is 0 Å². The zero-order valence-corrected chi connectivity index (χ0v) is 13.1. The van der Waals surface area contributed by atoms with Crippen molar-refractivity contribution in [2.75, 3.05) is 11.9 Å². The molecule has 0 aliphatic rings. The Morgan fingerprint density at radius 1 is 1.26 bits per heavy atom. The molecule has 0 fully saturated rings. The Morgan fingerprint density at radius 3 is 2.65 bits per heavy atom. The third-order valence-corrected chi connectivity index (χ3v) is 2.72. The lowest BCUT2D eigenvalue weighted by Crippen LogP contribution is -2.27. The Kier molecular flexibility index (Phi) is 4.68. The number of hydrogen-bond donors (Lipinski definition) is 2. The van der Waals surface area contributed by atoms with Gasteiger partial charge in [0, 0.05) is 11.6 Å². The third kappa shape index (κ3) is 4.57. The number of fused-ring (bicyclic) bond motifs is 1. The maximum atomic E-state index is 11.9. The van der Waals surface area contributed by atoms with Crippen LogP contribution in [0.25, 0.3) is 10.9 Å². The second-order valence-electron chi connectivity index (χ2n) is 5.82. The molecule has 1 amide bonds. The lowest BCUT2D eigenvalue weighted by atomic mass is 10.1. The van der Waals surface area contributed by atoms with Gasteiger partial charge in [-0.15, -0.1) is 0 Å². The zero-order valence-electron chi connectivity index (χ0n) is 13.1. The quantitative estimate of drug-likeness (QED) is 0.899. The molecule has 2 N–H and O–H groups in total. The SMILES string of the molecule is CC(C)(C)OC(=O)Nc1ccc(OCC(=O)O)c2ncccc12. The average Bonchev–Trinajstić information content (AvgIpc) is 2.44. The number of nitrogens with one attached hydrogen (secondary N) is 1. The standard InChI is InChI=1S/C16H18N2O5/c1-16(2,3)23-15(21)18-11-6-7-12(22-9-13(19)20)14-10(11)5-4-8-17-14/h4-8H,9H2,1-3H3,(H,18,21)(H,19,20). The smallest absolute Gasteiger partial charge is 0.412 e. The monoisotopic (exact) mass is 318 g/mol. The number of carbonyl (C=O) groups excluding carboxylic acids is 1. The summed E-state index contributed by atoms with van der Waals surface area (Å²) >= 11 is 0. The Balaban J connectivity index is 2.30. The number of rotatable bonds is 4. The normalized spacial score (nSPS) is 11.1. The molecule has 0 atom stereocenters. The van der Waals surface area contributed by atoms with Gasteiger partial charge in [-0.1, -0.05) is 0 Å². The van der Waals surface area contributed by atoms with Crippen LogP contribution in [0.3, 0.4) is 0 Å². The van der Waals surface area contributed by atoms with E-state index in [9.17, 15) is 9.59 Å². The fraction of sp³-hybridized carbons (Fsp3) is 0.312. The van der Waals surface area contributed by atoms with Crippen molar-refractivity contribution in [1.82, 2.24) is 4.98 Å². The highest BCUT2D eigenvalue weighted by Crippen LogP contribution is 2.30. The van der Waals surface area contributed by atoms with Crippen molar-refractivity contribution < 1.29 is 24.2 Å². The van der Waals surface area contributed by atoms with Crippen LogP contribution in [0.1, 0.15) is 20.8 Å². The highest BCUT2D eigenvalue weighted by atomic mass is 16.6. The van der Waals surface area contributed by atoms with E-state index < -0.39 is 24.3 Å². The van der Waals surface area contributed by atoms with Crippen LogP contribution in [-0.4, -0.2) is 34.4 Å². The van der Waals surface area contributed by atoms with Gasteiger partial charge in [-0.25, -0.2) is 9.59 Å². The maximum Gasteiger partial charge on any atom is 0.412 e. The van der Waals surface area contributed by atoms with Crippen LogP contribution in [0.4, 0.5) is 10.5 Å². The molecule has 2 aromatic rings. The van der Waals surface area contributed by atoms with Gasteiger partial charge >= 0.3 is 12.1 Å². The Morgan fingerprint density at radius 2 is 2.00 bits per heavy atom. The number of anilines is 1. The van der Waals surface area contributed by atoms with E-state index in [2.05, 4.69) is 10.3 Å². The summed E-state index contributed by atoms with van der Waals surface area (Å²) in [4.78, 5) is 26.7. The minimum absolute atomic E-state index is 0.331. The first-order valence-electron chi connectivity index (χ1n) is 6.98.